The first-order valence-electron chi connectivity index (χ1n) is 7.19. The fourth-order valence-electron chi connectivity index (χ4n) is 3.09. The van der Waals surface area contributed by atoms with E-state index in [1.165, 1.54) is 6.92 Å². The van der Waals surface area contributed by atoms with Gasteiger partial charge in [-0.3, -0.25) is 4.79 Å². The summed E-state index contributed by atoms with van der Waals surface area (Å²) in [5.41, 5.74) is 1.10. The van der Waals surface area contributed by atoms with Gasteiger partial charge in [0.2, 0.25) is 0 Å². The van der Waals surface area contributed by atoms with Gasteiger partial charge in [-0.05, 0) is 24.1 Å². The van der Waals surface area contributed by atoms with Crippen molar-refractivity contribution in [1.82, 2.24) is 4.98 Å². The molecule has 0 saturated carbocycles. The summed E-state index contributed by atoms with van der Waals surface area (Å²) in [7, 11) is 0. The van der Waals surface area contributed by atoms with Crippen LogP contribution in [0.3, 0.4) is 0 Å². The topological polar surface area (TPSA) is 51.3 Å². The van der Waals surface area contributed by atoms with E-state index in [2.05, 4.69) is 4.98 Å². The first kappa shape index (κ1) is 15.0. The standard InChI is InChI=1S/C16H17F2NO3/c1-8(2)16(22-9(3)20)15-10(6-7-21-16)13-11(17)4-5-12(18)14(13)19-15/h4-5,8,19H,6-7H2,1-3H3. The van der Waals surface area contributed by atoms with E-state index in [1.807, 2.05) is 13.8 Å². The van der Waals surface area contributed by atoms with Gasteiger partial charge in [-0.15, -0.1) is 0 Å². The van der Waals surface area contributed by atoms with Crippen LogP contribution in [-0.4, -0.2) is 17.6 Å². The molecule has 4 nitrogen and oxygen atoms in total. The van der Waals surface area contributed by atoms with Crippen LogP contribution in [0.1, 0.15) is 32.0 Å². The molecule has 0 bridgehead atoms. The summed E-state index contributed by atoms with van der Waals surface area (Å²) in [4.78, 5) is 14.4. The molecule has 0 radical (unpaired) electrons. The SMILES string of the molecule is CC(=O)OC1(C(C)C)OCCc2c1[nH]c1c(F)ccc(F)c21. The largest absolute Gasteiger partial charge is 0.427 e. The van der Waals surface area contributed by atoms with Crippen LogP contribution in [0.2, 0.25) is 0 Å². The van der Waals surface area contributed by atoms with Gasteiger partial charge in [0, 0.05) is 18.2 Å². The Hall–Kier alpha value is -1.95. The third-order valence-corrected chi connectivity index (χ3v) is 4.03. The Morgan fingerprint density at radius 3 is 2.68 bits per heavy atom. The highest BCUT2D eigenvalue weighted by Gasteiger charge is 2.47. The first-order chi connectivity index (χ1) is 10.4. The molecule has 2 aromatic rings. The predicted molar refractivity (Wildman–Crippen MR) is 76.2 cm³/mol. The van der Waals surface area contributed by atoms with Crippen LogP contribution >= 0.6 is 0 Å². The van der Waals surface area contributed by atoms with Crippen LogP contribution < -0.4 is 0 Å². The number of aromatic nitrogens is 1. The number of esters is 1. The van der Waals surface area contributed by atoms with Crippen LogP contribution in [-0.2, 0) is 26.5 Å². The van der Waals surface area contributed by atoms with Crippen molar-refractivity contribution in [3.63, 3.8) is 0 Å². The molecule has 0 aliphatic carbocycles. The lowest BCUT2D eigenvalue weighted by atomic mass is 9.92. The van der Waals surface area contributed by atoms with Crippen LogP contribution in [0, 0.1) is 17.6 Å². The molecule has 1 aliphatic rings. The van der Waals surface area contributed by atoms with Gasteiger partial charge in [0.05, 0.1) is 17.8 Å². The molecule has 1 aromatic heterocycles. The lowest BCUT2D eigenvalue weighted by molar-refractivity contribution is -0.265. The molecule has 1 unspecified atom stereocenters. The highest BCUT2D eigenvalue weighted by Crippen LogP contribution is 2.43. The number of benzene rings is 1. The van der Waals surface area contributed by atoms with Gasteiger partial charge >= 0.3 is 5.97 Å². The first-order valence-corrected chi connectivity index (χ1v) is 7.19. The zero-order valence-electron chi connectivity index (χ0n) is 12.6. The zero-order valence-corrected chi connectivity index (χ0v) is 12.6. The van der Waals surface area contributed by atoms with Crippen LogP contribution in [0.15, 0.2) is 12.1 Å². The van der Waals surface area contributed by atoms with Crippen LogP contribution in [0.5, 0.6) is 0 Å². The molecule has 0 fully saturated rings. The second kappa shape index (κ2) is 5.05. The van der Waals surface area contributed by atoms with Crippen molar-refractivity contribution in [1.29, 1.82) is 0 Å². The Labute approximate surface area is 126 Å². The number of ether oxygens (including phenoxy) is 2. The number of fused-ring (bicyclic) bond motifs is 3. The highest BCUT2D eigenvalue weighted by molar-refractivity contribution is 5.86. The number of carbonyl (C=O) groups excluding carboxylic acids is 1. The molecule has 1 aromatic carbocycles. The van der Waals surface area contributed by atoms with Crippen molar-refractivity contribution in [2.24, 2.45) is 5.92 Å². The fraction of sp³-hybridized carbons (Fsp3) is 0.438. The molecule has 2 heterocycles. The summed E-state index contributed by atoms with van der Waals surface area (Å²) in [6.07, 6.45) is 0.422. The van der Waals surface area contributed by atoms with Crippen LogP contribution in [0.25, 0.3) is 10.9 Å². The van der Waals surface area contributed by atoms with Crippen LogP contribution in [0.4, 0.5) is 8.78 Å². The molecule has 3 rings (SSSR count). The predicted octanol–water partition coefficient (Wildman–Crippen LogP) is 3.39. The van der Waals surface area contributed by atoms with Gasteiger partial charge in [-0.25, -0.2) is 8.78 Å². The van der Waals surface area contributed by atoms with Crippen molar-refractivity contribution in [2.45, 2.75) is 33.0 Å². The van der Waals surface area contributed by atoms with E-state index >= 15 is 0 Å². The third-order valence-electron chi connectivity index (χ3n) is 4.03. The molecular formula is C16H17F2NO3. The molecule has 1 N–H and O–H groups in total. The van der Waals surface area contributed by atoms with Crippen molar-refractivity contribution in [3.05, 3.63) is 35.0 Å². The van der Waals surface area contributed by atoms with E-state index in [0.29, 0.717) is 17.7 Å². The lowest BCUT2D eigenvalue weighted by Gasteiger charge is -2.39. The number of hydrogen-bond donors (Lipinski definition) is 1. The molecule has 118 valence electrons. The normalized spacial score (nSPS) is 21.2. The average molecular weight is 309 g/mol. The number of rotatable bonds is 2. The average Bonchev–Trinajstić information content (AvgIpc) is 2.84. The van der Waals surface area contributed by atoms with E-state index in [-0.39, 0.29) is 23.4 Å². The van der Waals surface area contributed by atoms with E-state index in [1.54, 1.807) is 0 Å². The molecule has 0 saturated heterocycles. The summed E-state index contributed by atoms with van der Waals surface area (Å²) >= 11 is 0. The number of aromatic amines is 1. The van der Waals surface area contributed by atoms with E-state index < -0.39 is 23.4 Å². The molecular weight excluding hydrogens is 292 g/mol. The van der Waals surface area contributed by atoms with Gasteiger partial charge < -0.3 is 14.5 Å². The Kier molecular flexibility index (Phi) is 3.44. The zero-order chi connectivity index (χ0) is 16.1. The maximum atomic E-state index is 14.2. The van der Waals surface area contributed by atoms with E-state index in [0.717, 1.165) is 12.1 Å². The molecule has 1 atom stereocenters. The Balaban J connectivity index is 2.32. The number of carbonyl (C=O) groups is 1. The van der Waals surface area contributed by atoms with E-state index in [4.69, 9.17) is 9.47 Å². The van der Waals surface area contributed by atoms with Gasteiger partial charge in [0.15, 0.2) is 0 Å². The molecule has 6 heteroatoms. The second-order valence-corrected chi connectivity index (χ2v) is 5.77. The van der Waals surface area contributed by atoms with Gasteiger partial charge in [0.25, 0.3) is 5.79 Å². The van der Waals surface area contributed by atoms with Crippen molar-refractivity contribution in [3.8, 4) is 0 Å². The third kappa shape index (κ3) is 2.01. The smallest absolute Gasteiger partial charge is 0.305 e. The minimum absolute atomic E-state index is 0.0766. The summed E-state index contributed by atoms with van der Waals surface area (Å²) in [6.45, 7) is 5.21. The monoisotopic (exact) mass is 309 g/mol. The van der Waals surface area contributed by atoms with Crippen molar-refractivity contribution in [2.75, 3.05) is 6.61 Å². The Morgan fingerprint density at radius 2 is 2.05 bits per heavy atom. The number of halogens is 2. The molecule has 0 spiro atoms. The van der Waals surface area contributed by atoms with Crippen molar-refractivity contribution < 1.29 is 23.0 Å². The maximum absolute atomic E-state index is 14.2. The lowest BCUT2D eigenvalue weighted by Crippen LogP contribution is -2.44. The molecule has 0 amide bonds. The Morgan fingerprint density at radius 1 is 1.36 bits per heavy atom. The number of hydrogen-bond acceptors (Lipinski definition) is 3. The number of H-pyrrole nitrogens is 1. The summed E-state index contributed by atoms with van der Waals surface area (Å²) in [5, 5.41) is 0.204. The molecule has 1 aliphatic heterocycles. The number of nitrogens with one attached hydrogen (secondary N) is 1. The second-order valence-electron chi connectivity index (χ2n) is 5.77. The van der Waals surface area contributed by atoms with Gasteiger partial charge in [0.1, 0.15) is 11.6 Å². The van der Waals surface area contributed by atoms with E-state index in [9.17, 15) is 13.6 Å². The highest BCUT2D eigenvalue weighted by atomic mass is 19.1. The summed E-state index contributed by atoms with van der Waals surface area (Å²) in [5.74, 6) is -3.14. The van der Waals surface area contributed by atoms with Crippen molar-refractivity contribution >= 4 is 16.9 Å². The quantitative estimate of drug-likeness (QED) is 0.865. The maximum Gasteiger partial charge on any atom is 0.305 e. The minimum atomic E-state index is -1.35. The van der Waals surface area contributed by atoms with Gasteiger partial charge in [-0.1, -0.05) is 13.8 Å². The minimum Gasteiger partial charge on any atom is -0.427 e. The van der Waals surface area contributed by atoms with Gasteiger partial charge in [-0.2, -0.15) is 0 Å². The molecule has 22 heavy (non-hydrogen) atoms. The Bertz CT molecular complexity index is 753. The summed E-state index contributed by atoms with van der Waals surface area (Å²) in [6, 6.07) is 2.17. The fourth-order valence-corrected chi connectivity index (χ4v) is 3.09. The summed E-state index contributed by atoms with van der Waals surface area (Å²) < 4.78 is 39.4.